The molecule has 0 aliphatic heterocycles. The Bertz CT molecular complexity index is 604. The summed E-state index contributed by atoms with van der Waals surface area (Å²) >= 11 is 0. The number of nitrogens with one attached hydrogen (secondary N) is 1. The molecule has 5 nitrogen and oxygen atoms in total. The second-order valence-corrected chi connectivity index (χ2v) is 5.19. The first-order valence-corrected chi connectivity index (χ1v) is 7.09. The summed E-state index contributed by atoms with van der Waals surface area (Å²) in [4.78, 5) is 11.8. The van der Waals surface area contributed by atoms with Crippen LogP contribution in [0.15, 0.2) is 54.6 Å². The molecule has 0 aliphatic rings. The number of aryl methyl sites for hydroxylation is 1. The first kappa shape index (κ1) is 16.2. The summed E-state index contributed by atoms with van der Waals surface area (Å²) in [6, 6.07) is 16.3. The van der Waals surface area contributed by atoms with Crippen molar-refractivity contribution in [3.05, 3.63) is 71.3 Å². The topological polar surface area (TPSA) is 95.6 Å². The van der Waals surface area contributed by atoms with Crippen molar-refractivity contribution in [3.8, 4) is 0 Å². The van der Waals surface area contributed by atoms with E-state index < -0.39 is 5.91 Å². The number of rotatable bonds is 6. The van der Waals surface area contributed by atoms with Crippen LogP contribution in [0.4, 0.5) is 0 Å². The van der Waals surface area contributed by atoms with E-state index >= 15 is 0 Å². The molecule has 116 valence electrons. The van der Waals surface area contributed by atoms with Crippen LogP contribution >= 0.6 is 0 Å². The standard InChI is InChI=1S/C17H20N2O3/c18-17(21,22)15-9-6-14(7-10-15)12-19-16(20)11-8-13-4-2-1-3-5-13/h1-7,9-10,21-22H,8,11-12,18H2,(H,19,20). The summed E-state index contributed by atoms with van der Waals surface area (Å²) in [5.74, 6) is -2.36. The normalized spacial score (nSPS) is 11.2. The highest BCUT2D eigenvalue weighted by molar-refractivity contribution is 5.76. The van der Waals surface area contributed by atoms with E-state index in [2.05, 4.69) is 5.32 Å². The summed E-state index contributed by atoms with van der Waals surface area (Å²) in [6.07, 6.45) is 1.14. The first-order valence-electron chi connectivity index (χ1n) is 7.09. The van der Waals surface area contributed by atoms with Crippen LogP contribution in [0, 0.1) is 0 Å². The van der Waals surface area contributed by atoms with Gasteiger partial charge in [0.15, 0.2) is 0 Å². The predicted octanol–water partition coefficient (Wildman–Crippen LogP) is 0.989. The van der Waals surface area contributed by atoms with Crippen LogP contribution < -0.4 is 11.1 Å². The number of benzene rings is 2. The Labute approximate surface area is 129 Å². The van der Waals surface area contributed by atoms with Crippen molar-refractivity contribution in [2.24, 2.45) is 5.73 Å². The molecule has 0 saturated carbocycles. The number of carbonyl (C=O) groups is 1. The lowest BCUT2D eigenvalue weighted by molar-refractivity contribution is -0.163. The molecule has 0 spiro atoms. The second kappa shape index (κ2) is 7.17. The van der Waals surface area contributed by atoms with E-state index in [1.165, 1.54) is 12.1 Å². The highest BCUT2D eigenvalue weighted by Crippen LogP contribution is 2.12. The Morgan fingerprint density at radius 3 is 2.23 bits per heavy atom. The lowest BCUT2D eigenvalue weighted by Crippen LogP contribution is -2.35. The van der Waals surface area contributed by atoms with Gasteiger partial charge in [0.05, 0.1) is 0 Å². The van der Waals surface area contributed by atoms with Gasteiger partial charge in [0.25, 0.3) is 0 Å². The summed E-state index contributed by atoms with van der Waals surface area (Å²) in [5.41, 5.74) is 7.36. The zero-order chi connectivity index (χ0) is 16.0. The lowest BCUT2D eigenvalue weighted by atomic mass is 10.1. The van der Waals surface area contributed by atoms with Gasteiger partial charge in [0, 0.05) is 18.5 Å². The number of hydrogen-bond acceptors (Lipinski definition) is 4. The minimum Gasteiger partial charge on any atom is -0.352 e. The van der Waals surface area contributed by atoms with Crippen molar-refractivity contribution < 1.29 is 15.0 Å². The molecule has 0 heterocycles. The van der Waals surface area contributed by atoms with Gasteiger partial charge in [-0.25, -0.2) is 0 Å². The molecule has 5 heteroatoms. The van der Waals surface area contributed by atoms with E-state index in [9.17, 15) is 15.0 Å². The molecule has 22 heavy (non-hydrogen) atoms. The molecular weight excluding hydrogens is 280 g/mol. The van der Waals surface area contributed by atoms with E-state index in [-0.39, 0.29) is 11.5 Å². The fourth-order valence-corrected chi connectivity index (χ4v) is 2.06. The third-order valence-electron chi connectivity index (χ3n) is 3.35. The maximum atomic E-state index is 11.8. The third-order valence-corrected chi connectivity index (χ3v) is 3.35. The molecule has 0 fully saturated rings. The highest BCUT2D eigenvalue weighted by atomic mass is 16.5. The second-order valence-electron chi connectivity index (χ2n) is 5.19. The van der Waals surface area contributed by atoms with Gasteiger partial charge >= 0.3 is 0 Å². The maximum Gasteiger partial charge on any atom is 0.248 e. The van der Waals surface area contributed by atoms with Gasteiger partial charge in [-0.05, 0) is 17.5 Å². The Morgan fingerprint density at radius 1 is 1.00 bits per heavy atom. The van der Waals surface area contributed by atoms with E-state index in [1.54, 1.807) is 12.1 Å². The Balaban J connectivity index is 1.79. The van der Waals surface area contributed by atoms with Crippen LogP contribution in [-0.4, -0.2) is 16.1 Å². The van der Waals surface area contributed by atoms with Crippen molar-refractivity contribution in [2.45, 2.75) is 25.3 Å². The van der Waals surface area contributed by atoms with Crippen molar-refractivity contribution in [1.82, 2.24) is 5.32 Å². The fraction of sp³-hybridized carbons (Fsp3) is 0.235. The molecule has 1 amide bonds. The number of amides is 1. The fourth-order valence-electron chi connectivity index (χ4n) is 2.06. The predicted molar refractivity (Wildman–Crippen MR) is 83.4 cm³/mol. The van der Waals surface area contributed by atoms with Crippen LogP contribution in [0.5, 0.6) is 0 Å². The monoisotopic (exact) mass is 300 g/mol. The molecule has 2 rings (SSSR count). The van der Waals surface area contributed by atoms with Crippen LogP contribution in [0.2, 0.25) is 0 Å². The largest absolute Gasteiger partial charge is 0.352 e. The van der Waals surface area contributed by atoms with Crippen LogP contribution in [-0.2, 0) is 23.7 Å². The van der Waals surface area contributed by atoms with E-state index in [4.69, 9.17) is 5.73 Å². The molecule has 5 N–H and O–H groups in total. The molecule has 0 saturated heterocycles. The van der Waals surface area contributed by atoms with Gasteiger partial charge in [-0.3, -0.25) is 10.5 Å². The molecule has 2 aromatic rings. The molecule has 0 aromatic heterocycles. The third kappa shape index (κ3) is 4.96. The van der Waals surface area contributed by atoms with E-state index in [1.807, 2.05) is 30.3 Å². The van der Waals surface area contributed by atoms with Crippen LogP contribution in [0.3, 0.4) is 0 Å². The Hall–Kier alpha value is -2.21. The zero-order valence-corrected chi connectivity index (χ0v) is 12.2. The van der Waals surface area contributed by atoms with Gasteiger partial charge in [0.1, 0.15) is 0 Å². The molecule has 0 bridgehead atoms. The number of carbonyl (C=O) groups excluding carboxylic acids is 1. The summed E-state index contributed by atoms with van der Waals surface area (Å²) in [5, 5.41) is 21.3. The highest BCUT2D eigenvalue weighted by Gasteiger charge is 2.18. The van der Waals surface area contributed by atoms with Crippen molar-refractivity contribution in [2.75, 3.05) is 0 Å². The van der Waals surface area contributed by atoms with Crippen molar-refractivity contribution in [1.29, 1.82) is 0 Å². The number of aliphatic hydroxyl groups is 2. The maximum absolute atomic E-state index is 11.8. The minimum atomic E-state index is -2.34. The van der Waals surface area contributed by atoms with E-state index in [0.717, 1.165) is 11.1 Å². The van der Waals surface area contributed by atoms with Gasteiger partial charge < -0.3 is 15.5 Å². The van der Waals surface area contributed by atoms with Gasteiger partial charge in [0.2, 0.25) is 11.8 Å². The smallest absolute Gasteiger partial charge is 0.248 e. The van der Waals surface area contributed by atoms with Crippen LogP contribution in [0.1, 0.15) is 23.1 Å². The molecule has 0 unspecified atom stereocenters. The SMILES string of the molecule is NC(O)(O)c1ccc(CNC(=O)CCc2ccccc2)cc1. The van der Waals surface area contributed by atoms with Gasteiger partial charge in [-0.2, -0.15) is 0 Å². The number of nitrogens with two attached hydrogens (primary N) is 1. The molecule has 0 radical (unpaired) electrons. The first-order chi connectivity index (χ1) is 10.4. The quantitative estimate of drug-likeness (QED) is 0.598. The van der Waals surface area contributed by atoms with Crippen molar-refractivity contribution in [3.63, 3.8) is 0 Å². The molecule has 0 aliphatic carbocycles. The minimum absolute atomic E-state index is 0.0228. The van der Waals surface area contributed by atoms with E-state index in [0.29, 0.717) is 19.4 Å². The summed E-state index contributed by atoms with van der Waals surface area (Å²) in [7, 11) is 0. The lowest BCUT2D eigenvalue weighted by Gasteiger charge is -2.16. The molecular formula is C17H20N2O3. The Morgan fingerprint density at radius 2 is 1.64 bits per heavy atom. The molecule has 0 atom stereocenters. The van der Waals surface area contributed by atoms with Gasteiger partial charge in [-0.1, -0.05) is 54.6 Å². The summed E-state index contributed by atoms with van der Waals surface area (Å²) < 4.78 is 0. The van der Waals surface area contributed by atoms with Crippen molar-refractivity contribution >= 4 is 5.91 Å². The average Bonchev–Trinajstić information content (AvgIpc) is 2.51. The zero-order valence-electron chi connectivity index (χ0n) is 12.2. The number of hydrogen-bond donors (Lipinski definition) is 4. The average molecular weight is 300 g/mol. The van der Waals surface area contributed by atoms with Crippen LogP contribution in [0.25, 0.3) is 0 Å². The van der Waals surface area contributed by atoms with Gasteiger partial charge in [-0.15, -0.1) is 0 Å². The Kier molecular flexibility index (Phi) is 5.27. The summed E-state index contributed by atoms with van der Waals surface area (Å²) in [6.45, 7) is 0.391. The molecule has 2 aromatic carbocycles.